The number of hydrogen-bond acceptors (Lipinski definition) is 6. The second-order valence-electron chi connectivity index (χ2n) is 9.33. The molecule has 1 fully saturated rings. The van der Waals surface area contributed by atoms with Crippen molar-refractivity contribution in [3.8, 4) is 11.5 Å². The zero-order chi connectivity index (χ0) is 27.0. The van der Waals surface area contributed by atoms with Gasteiger partial charge in [-0.2, -0.15) is 0 Å². The average molecular weight is 532 g/mol. The lowest BCUT2D eigenvalue weighted by molar-refractivity contribution is -0.139. The number of sulfonamides is 1. The Bertz CT molecular complexity index is 1180. The molecule has 0 bridgehead atoms. The van der Waals surface area contributed by atoms with E-state index in [4.69, 9.17) is 9.47 Å². The first kappa shape index (κ1) is 28.3. The van der Waals surface area contributed by atoms with Crippen molar-refractivity contribution >= 4 is 27.5 Å². The van der Waals surface area contributed by atoms with Gasteiger partial charge in [0.15, 0.2) is 0 Å². The molecule has 9 nitrogen and oxygen atoms in total. The van der Waals surface area contributed by atoms with Crippen LogP contribution in [0.25, 0.3) is 0 Å². The number of nitrogens with zero attached hydrogens (tertiary/aromatic N) is 2. The number of anilines is 1. The van der Waals surface area contributed by atoms with Crippen molar-refractivity contribution in [1.29, 1.82) is 0 Å². The molecular weight excluding hydrogens is 494 g/mol. The van der Waals surface area contributed by atoms with E-state index in [1.165, 1.54) is 12.0 Å². The summed E-state index contributed by atoms with van der Waals surface area (Å²) in [6, 6.07) is 13.1. The largest absolute Gasteiger partial charge is 0.497 e. The number of benzene rings is 2. The van der Waals surface area contributed by atoms with Crippen molar-refractivity contribution in [3.05, 3.63) is 54.1 Å². The number of carbonyl (C=O) groups is 2. The monoisotopic (exact) mass is 531 g/mol. The topological polar surface area (TPSA) is 105 Å². The van der Waals surface area contributed by atoms with Crippen LogP contribution in [0.2, 0.25) is 0 Å². The van der Waals surface area contributed by atoms with Gasteiger partial charge in [-0.3, -0.25) is 13.9 Å². The highest BCUT2D eigenvalue weighted by Gasteiger charge is 2.32. The van der Waals surface area contributed by atoms with Crippen LogP contribution in [-0.2, 0) is 26.2 Å². The summed E-state index contributed by atoms with van der Waals surface area (Å²) in [6.07, 6.45) is 6.16. The highest BCUT2D eigenvalue weighted by Crippen LogP contribution is 2.30. The zero-order valence-electron chi connectivity index (χ0n) is 22.0. The summed E-state index contributed by atoms with van der Waals surface area (Å²) in [5.41, 5.74) is 1.01. The molecule has 0 radical (unpaired) electrons. The third-order valence-corrected chi connectivity index (χ3v) is 7.77. The van der Waals surface area contributed by atoms with Gasteiger partial charge in [0, 0.05) is 12.6 Å². The maximum Gasteiger partial charge on any atom is 0.244 e. The Hall–Kier alpha value is -3.27. The number of carbonyl (C=O) groups excluding carboxylic acids is 2. The van der Waals surface area contributed by atoms with E-state index in [-0.39, 0.29) is 24.2 Å². The molecule has 1 N–H and O–H groups in total. The summed E-state index contributed by atoms with van der Waals surface area (Å²) in [4.78, 5) is 28.4. The number of hydrogen-bond donors (Lipinski definition) is 1. The molecule has 3 rings (SSSR count). The number of amides is 2. The summed E-state index contributed by atoms with van der Waals surface area (Å²) < 4.78 is 37.2. The summed E-state index contributed by atoms with van der Waals surface area (Å²) in [5.74, 6) is 0.177. The van der Waals surface area contributed by atoms with Gasteiger partial charge >= 0.3 is 0 Å². The lowest BCUT2D eigenvalue weighted by Crippen LogP contribution is -2.53. The van der Waals surface area contributed by atoms with Gasteiger partial charge in [-0.05, 0) is 49.6 Å². The normalized spacial score (nSPS) is 14.9. The Labute approximate surface area is 219 Å². The standard InChI is InChI=1S/C27H37N3O6S/c1-20(27(32)28-22-12-6-5-7-13-22)29(18-21-11-10-14-23(17-21)35-2)26(31)19-30(37(4,33)34)24-15-8-9-16-25(24)36-3/h8-11,14-17,20,22H,5-7,12-13,18-19H2,1-4H3,(H,28,32). The fourth-order valence-corrected chi connectivity index (χ4v) is 5.40. The summed E-state index contributed by atoms with van der Waals surface area (Å²) >= 11 is 0. The number of nitrogens with one attached hydrogen (secondary N) is 1. The van der Waals surface area contributed by atoms with E-state index < -0.39 is 28.5 Å². The fraction of sp³-hybridized carbons (Fsp3) is 0.481. The van der Waals surface area contributed by atoms with Crippen molar-refractivity contribution < 1.29 is 27.5 Å². The van der Waals surface area contributed by atoms with Crippen molar-refractivity contribution in [2.45, 2.75) is 57.7 Å². The molecule has 2 aromatic carbocycles. The maximum absolute atomic E-state index is 13.7. The Morgan fingerprint density at radius 1 is 1.03 bits per heavy atom. The van der Waals surface area contributed by atoms with Gasteiger partial charge in [-0.25, -0.2) is 8.42 Å². The fourth-order valence-electron chi connectivity index (χ4n) is 4.55. The molecule has 202 valence electrons. The first-order valence-electron chi connectivity index (χ1n) is 12.5. The van der Waals surface area contributed by atoms with Crippen molar-refractivity contribution in [3.63, 3.8) is 0 Å². The SMILES string of the molecule is COc1cccc(CN(C(=O)CN(c2ccccc2OC)S(C)(=O)=O)C(C)C(=O)NC2CCCCC2)c1. The highest BCUT2D eigenvalue weighted by atomic mass is 32.2. The Morgan fingerprint density at radius 2 is 1.73 bits per heavy atom. The van der Waals surface area contributed by atoms with E-state index in [1.54, 1.807) is 56.5 Å². The quantitative estimate of drug-likeness (QED) is 0.477. The molecule has 37 heavy (non-hydrogen) atoms. The predicted molar refractivity (Wildman–Crippen MR) is 143 cm³/mol. The summed E-state index contributed by atoms with van der Waals surface area (Å²) in [6.45, 7) is 1.30. The van der Waals surface area contributed by atoms with Gasteiger partial charge in [0.2, 0.25) is 21.8 Å². The van der Waals surface area contributed by atoms with Crippen LogP contribution in [0, 0.1) is 0 Å². The van der Waals surface area contributed by atoms with Gasteiger partial charge in [-0.1, -0.05) is 43.5 Å². The minimum Gasteiger partial charge on any atom is -0.497 e. The second kappa shape index (κ2) is 12.8. The van der Waals surface area contributed by atoms with Crippen LogP contribution in [0.4, 0.5) is 5.69 Å². The molecule has 0 aliphatic heterocycles. The first-order valence-corrected chi connectivity index (χ1v) is 14.3. The second-order valence-corrected chi connectivity index (χ2v) is 11.2. The number of ether oxygens (including phenoxy) is 2. The number of methoxy groups -OCH3 is 2. The average Bonchev–Trinajstić information content (AvgIpc) is 2.89. The summed E-state index contributed by atoms with van der Waals surface area (Å²) in [5, 5.41) is 3.09. The van der Waals surface area contributed by atoms with Crippen molar-refractivity contribution in [2.75, 3.05) is 31.3 Å². The van der Waals surface area contributed by atoms with Crippen LogP contribution >= 0.6 is 0 Å². The van der Waals surface area contributed by atoms with Gasteiger partial charge in [0.1, 0.15) is 24.1 Å². The van der Waals surface area contributed by atoms with E-state index >= 15 is 0 Å². The summed E-state index contributed by atoms with van der Waals surface area (Å²) in [7, 11) is -0.853. The molecule has 0 heterocycles. The molecule has 0 spiro atoms. The van der Waals surface area contributed by atoms with Crippen LogP contribution in [-0.4, -0.2) is 64.2 Å². The van der Waals surface area contributed by atoms with Crippen LogP contribution in [0.1, 0.15) is 44.6 Å². The third kappa shape index (κ3) is 7.61. The molecule has 1 atom stereocenters. The predicted octanol–water partition coefficient (Wildman–Crippen LogP) is 3.34. The van der Waals surface area contributed by atoms with E-state index in [0.717, 1.165) is 48.2 Å². The molecule has 1 saturated carbocycles. The number of rotatable bonds is 11. The Morgan fingerprint density at radius 3 is 2.38 bits per heavy atom. The smallest absolute Gasteiger partial charge is 0.244 e. The minimum atomic E-state index is -3.85. The van der Waals surface area contributed by atoms with E-state index in [0.29, 0.717) is 11.5 Å². The minimum absolute atomic E-state index is 0.0820. The molecule has 2 amide bonds. The Kier molecular flexibility index (Phi) is 9.79. The molecule has 2 aromatic rings. The molecular formula is C27H37N3O6S. The van der Waals surface area contributed by atoms with E-state index in [2.05, 4.69) is 5.32 Å². The Balaban J connectivity index is 1.91. The van der Waals surface area contributed by atoms with Crippen LogP contribution in [0.5, 0.6) is 11.5 Å². The molecule has 0 aromatic heterocycles. The van der Waals surface area contributed by atoms with E-state index in [1.807, 2.05) is 6.07 Å². The van der Waals surface area contributed by atoms with Gasteiger partial charge in [0.25, 0.3) is 0 Å². The van der Waals surface area contributed by atoms with E-state index in [9.17, 15) is 18.0 Å². The van der Waals surface area contributed by atoms with Gasteiger partial charge < -0.3 is 19.7 Å². The van der Waals surface area contributed by atoms with Crippen molar-refractivity contribution in [2.24, 2.45) is 0 Å². The lowest BCUT2D eigenvalue weighted by Gasteiger charge is -2.33. The molecule has 1 aliphatic carbocycles. The third-order valence-electron chi connectivity index (χ3n) is 6.64. The van der Waals surface area contributed by atoms with Gasteiger partial charge in [-0.15, -0.1) is 0 Å². The van der Waals surface area contributed by atoms with Gasteiger partial charge in [0.05, 0.1) is 26.2 Å². The van der Waals surface area contributed by atoms with Crippen LogP contribution < -0.4 is 19.1 Å². The molecule has 0 saturated heterocycles. The van der Waals surface area contributed by atoms with Crippen LogP contribution in [0.15, 0.2) is 48.5 Å². The maximum atomic E-state index is 13.7. The zero-order valence-corrected chi connectivity index (χ0v) is 22.8. The first-order chi connectivity index (χ1) is 17.6. The van der Waals surface area contributed by atoms with Crippen molar-refractivity contribution in [1.82, 2.24) is 10.2 Å². The number of para-hydroxylation sites is 2. The molecule has 1 aliphatic rings. The molecule has 10 heteroatoms. The van der Waals surface area contributed by atoms with Crippen LogP contribution in [0.3, 0.4) is 0 Å². The lowest BCUT2D eigenvalue weighted by atomic mass is 9.95. The molecule has 1 unspecified atom stereocenters. The highest BCUT2D eigenvalue weighted by molar-refractivity contribution is 7.92.